The molecule has 4 N–H and O–H groups in total. The van der Waals surface area contributed by atoms with Gasteiger partial charge < -0.3 is 11.5 Å². The van der Waals surface area contributed by atoms with Gasteiger partial charge in [0, 0.05) is 25.1 Å². The lowest BCUT2D eigenvalue weighted by Crippen LogP contribution is -2.22. The monoisotopic (exact) mass is 193 g/mol. The lowest BCUT2D eigenvalue weighted by Gasteiger charge is -2.07. The van der Waals surface area contributed by atoms with Gasteiger partial charge in [-0.2, -0.15) is 0 Å². The molecule has 1 unspecified atom stereocenters. The summed E-state index contributed by atoms with van der Waals surface area (Å²) in [7, 11) is 0. The molecular weight excluding hydrogens is 178 g/mol. The lowest BCUT2D eigenvalue weighted by molar-refractivity contribution is -0.121. The summed E-state index contributed by atoms with van der Waals surface area (Å²) in [4.78, 5) is 15.4. The zero-order valence-electron chi connectivity index (χ0n) is 8.23. The molecule has 0 aromatic carbocycles. The summed E-state index contributed by atoms with van der Waals surface area (Å²) in [6.07, 6.45) is 1.98. The van der Waals surface area contributed by atoms with Crippen LogP contribution in [0.4, 0.5) is 5.82 Å². The highest BCUT2D eigenvalue weighted by atomic mass is 16.1. The molecule has 0 aliphatic heterocycles. The maximum absolute atomic E-state index is 11.5. The fraction of sp³-hybridized carbons (Fsp3) is 0.400. The molecule has 1 atom stereocenters. The quantitative estimate of drug-likeness (QED) is 0.723. The van der Waals surface area contributed by atoms with E-state index in [-0.39, 0.29) is 11.7 Å². The van der Waals surface area contributed by atoms with Gasteiger partial charge in [0.05, 0.1) is 0 Å². The summed E-state index contributed by atoms with van der Waals surface area (Å²) >= 11 is 0. The number of carbonyl (C=O) groups is 1. The van der Waals surface area contributed by atoms with Crippen molar-refractivity contribution < 1.29 is 4.79 Å². The minimum atomic E-state index is -0.0932. The molecule has 1 heterocycles. The van der Waals surface area contributed by atoms with E-state index in [4.69, 9.17) is 11.5 Å². The molecule has 76 valence electrons. The topological polar surface area (TPSA) is 82.0 Å². The average Bonchev–Trinajstić information content (AvgIpc) is 2.16. The molecule has 0 aliphatic carbocycles. The number of rotatable bonds is 4. The van der Waals surface area contributed by atoms with Gasteiger partial charge in [0.1, 0.15) is 11.6 Å². The van der Waals surface area contributed by atoms with Gasteiger partial charge in [-0.1, -0.05) is 6.92 Å². The standard InChI is InChI=1S/C10H15N3O/c1-7(6-11)9(14)4-8-2-3-13-10(12)5-8/h2-3,5,7H,4,6,11H2,1H3,(H2,12,13). The predicted octanol–water partition coefficient (Wildman–Crippen LogP) is 0.370. The molecule has 14 heavy (non-hydrogen) atoms. The summed E-state index contributed by atoms with van der Waals surface area (Å²) in [6, 6.07) is 3.50. The molecule has 0 radical (unpaired) electrons. The smallest absolute Gasteiger partial charge is 0.141 e. The Balaban J connectivity index is 2.65. The first kappa shape index (κ1) is 10.7. The van der Waals surface area contributed by atoms with Crippen molar-refractivity contribution in [1.29, 1.82) is 0 Å². The van der Waals surface area contributed by atoms with Crippen molar-refractivity contribution in [2.45, 2.75) is 13.3 Å². The summed E-state index contributed by atoms with van der Waals surface area (Å²) in [5, 5.41) is 0. The van der Waals surface area contributed by atoms with Gasteiger partial charge in [-0.3, -0.25) is 4.79 Å². The van der Waals surface area contributed by atoms with Crippen LogP contribution in [0.25, 0.3) is 0 Å². The third kappa shape index (κ3) is 2.81. The van der Waals surface area contributed by atoms with Crippen LogP contribution in [-0.4, -0.2) is 17.3 Å². The first-order valence-electron chi connectivity index (χ1n) is 4.56. The third-order valence-electron chi connectivity index (χ3n) is 2.13. The largest absolute Gasteiger partial charge is 0.384 e. The first-order chi connectivity index (χ1) is 6.63. The second-order valence-electron chi connectivity index (χ2n) is 3.37. The molecule has 0 saturated heterocycles. The molecule has 1 aromatic rings. The number of nitrogens with zero attached hydrogens (tertiary/aromatic N) is 1. The molecule has 4 nitrogen and oxygen atoms in total. The Morgan fingerprint density at radius 1 is 1.64 bits per heavy atom. The van der Waals surface area contributed by atoms with E-state index in [1.54, 1.807) is 18.3 Å². The maximum Gasteiger partial charge on any atom is 0.141 e. The fourth-order valence-corrected chi connectivity index (χ4v) is 1.11. The van der Waals surface area contributed by atoms with Gasteiger partial charge >= 0.3 is 0 Å². The van der Waals surface area contributed by atoms with Crippen LogP contribution in [0.5, 0.6) is 0 Å². The van der Waals surface area contributed by atoms with E-state index in [9.17, 15) is 4.79 Å². The third-order valence-corrected chi connectivity index (χ3v) is 2.13. The van der Waals surface area contributed by atoms with Crippen LogP contribution in [0.3, 0.4) is 0 Å². The Hall–Kier alpha value is -1.42. The summed E-state index contributed by atoms with van der Waals surface area (Å²) in [6.45, 7) is 2.21. The number of aromatic nitrogens is 1. The van der Waals surface area contributed by atoms with Crippen molar-refractivity contribution in [2.75, 3.05) is 12.3 Å². The molecule has 1 aromatic heterocycles. The summed E-state index contributed by atoms with van der Waals surface area (Å²) in [5.74, 6) is 0.484. The van der Waals surface area contributed by atoms with E-state index in [0.717, 1.165) is 5.56 Å². The van der Waals surface area contributed by atoms with Crippen molar-refractivity contribution in [1.82, 2.24) is 4.98 Å². The van der Waals surface area contributed by atoms with Crippen LogP contribution in [0, 0.1) is 5.92 Å². The summed E-state index contributed by atoms with van der Waals surface area (Å²) < 4.78 is 0. The second-order valence-corrected chi connectivity index (χ2v) is 3.37. The van der Waals surface area contributed by atoms with E-state index in [1.807, 2.05) is 6.92 Å². The number of nitrogens with two attached hydrogens (primary N) is 2. The highest BCUT2D eigenvalue weighted by Gasteiger charge is 2.11. The normalized spacial score (nSPS) is 12.4. The van der Waals surface area contributed by atoms with E-state index >= 15 is 0 Å². The lowest BCUT2D eigenvalue weighted by atomic mass is 10.0. The SMILES string of the molecule is CC(CN)C(=O)Cc1ccnc(N)c1. The van der Waals surface area contributed by atoms with Gasteiger partial charge in [0.2, 0.25) is 0 Å². The van der Waals surface area contributed by atoms with Crippen molar-refractivity contribution in [3.05, 3.63) is 23.9 Å². The van der Waals surface area contributed by atoms with Crippen LogP contribution < -0.4 is 11.5 Å². The van der Waals surface area contributed by atoms with Gasteiger partial charge in [0.25, 0.3) is 0 Å². The second kappa shape index (κ2) is 4.72. The number of Topliss-reactive ketones (excluding diaryl/α,β-unsaturated/α-hetero) is 1. The van der Waals surface area contributed by atoms with Crippen LogP contribution in [0.1, 0.15) is 12.5 Å². The zero-order valence-corrected chi connectivity index (χ0v) is 8.23. The van der Waals surface area contributed by atoms with Crippen LogP contribution >= 0.6 is 0 Å². The zero-order chi connectivity index (χ0) is 10.6. The number of anilines is 1. The molecule has 0 aliphatic rings. The molecular formula is C10H15N3O. The van der Waals surface area contributed by atoms with Gasteiger partial charge in [-0.15, -0.1) is 0 Å². The van der Waals surface area contributed by atoms with E-state index in [2.05, 4.69) is 4.98 Å². The highest BCUT2D eigenvalue weighted by Crippen LogP contribution is 2.07. The Morgan fingerprint density at radius 3 is 2.93 bits per heavy atom. The van der Waals surface area contributed by atoms with E-state index in [1.165, 1.54) is 0 Å². The Bertz CT molecular complexity index is 325. The molecule has 0 spiro atoms. The Morgan fingerprint density at radius 2 is 2.36 bits per heavy atom. The fourth-order valence-electron chi connectivity index (χ4n) is 1.11. The van der Waals surface area contributed by atoms with Crippen molar-refractivity contribution >= 4 is 11.6 Å². The molecule has 0 bridgehead atoms. The van der Waals surface area contributed by atoms with Crippen LogP contribution in [0.2, 0.25) is 0 Å². The average molecular weight is 193 g/mol. The van der Waals surface area contributed by atoms with Gasteiger partial charge in [-0.25, -0.2) is 4.98 Å². The number of ketones is 1. The number of pyridine rings is 1. The van der Waals surface area contributed by atoms with Gasteiger partial charge in [-0.05, 0) is 17.7 Å². The van der Waals surface area contributed by atoms with Crippen LogP contribution in [-0.2, 0) is 11.2 Å². The molecule has 0 fully saturated rings. The van der Waals surface area contributed by atoms with Crippen molar-refractivity contribution in [3.8, 4) is 0 Å². The first-order valence-corrected chi connectivity index (χ1v) is 4.56. The Labute approximate surface area is 83.3 Å². The number of hydrogen-bond donors (Lipinski definition) is 2. The van der Waals surface area contributed by atoms with Gasteiger partial charge in [0.15, 0.2) is 0 Å². The predicted molar refractivity (Wildman–Crippen MR) is 55.6 cm³/mol. The van der Waals surface area contributed by atoms with Crippen molar-refractivity contribution in [3.63, 3.8) is 0 Å². The minimum Gasteiger partial charge on any atom is -0.384 e. The summed E-state index contributed by atoms with van der Waals surface area (Å²) in [5.41, 5.74) is 11.8. The molecule has 0 amide bonds. The van der Waals surface area contributed by atoms with Crippen LogP contribution in [0.15, 0.2) is 18.3 Å². The van der Waals surface area contributed by atoms with E-state index in [0.29, 0.717) is 18.8 Å². The number of nitrogen functional groups attached to an aromatic ring is 1. The number of carbonyl (C=O) groups excluding carboxylic acids is 1. The molecule has 4 heteroatoms. The Kier molecular flexibility index (Phi) is 3.59. The van der Waals surface area contributed by atoms with Crippen molar-refractivity contribution in [2.24, 2.45) is 11.7 Å². The van der Waals surface area contributed by atoms with E-state index < -0.39 is 0 Å². The molecule has 1 rings (SSSR count). The minimum absolute atomic E-state index is 0.0932. The molecule has 0 saturated carbocycles. The highest BCUT2D eigenvalue weighted by molar-refractivity contribution is 5.83. The number of hydrogen-bond acceptors (Lipinski definition) is 4. The maximum atomic E-state index is 11.5.